The minimum Gasteiger partial charge on any atom is -0.383 e. The van der Waals surface area contributed by atoms with Crippen LogP contribution in [0.5, 0.6) is 0 Å². The van der Waals surface area contributed by atoms with E-state index in [1.54, 1.807) is 0 Å². The molecule has 2 saturated carbocycles. The number of nitrogen functional groups attached to an aromatic ring is 1. The van der Waals surface area contributed by atoms with Crippen LogP contribution in [0.4, 0.5) is 19.0 Å². The van der Waals surface area contributed by atoms with E-state index in [9.17, 15) is 13.2 Å². The van der Waals surface area contributed by atoms with Crippen LogP contribution < -0.4 is 5.73 Å². The van der Waals surface area contributed by atoms with Crippen molar-refractivity contribution in [1.29, 1.82) is 0 Å². The molecular weight excluding hydrogens is 391 g/mol. The Kier molecular flexibility index (Phi) is 4.61. The number of anilines is 1. The lowest BCUT2D eigenvalue weighted by Gasteiger charge is -2.25. The second-order valence-corrected chi connectivity index (χ2v) is 9.37. The average Bonchev–Trinajstić information content (AvgIpc) is 3.20. The van der Waals surface area contributed by atoms with Crippen LogP contribution in [0.25, 0.3) is 11.3 Å². The first-order valence-corrected chi connectivity index (χ1v) is 10.9. The molecule has 3 fully saturated rings. The van der Waals surface area contributed by atoms with Crippen molar-refractivity contribution in [1.82, 2.24) is 19.7 Å². The maximum absolute atomic E-state index is 13.3. The van der Waals surface area contributed by atoms with Gasteiger partial charge in [0.2, 0.25) is 0 Å². The van der Waals surface area contributed by atoms with Crippen LogP contribution in [0.3, 0.4) is 0 Å². The Hall–Kier alpha value is -2.09. The highest BCUT2D eigenvalue weighted by Crippen LogP contribution is 2.64. The Morgan fingerprint density at radius 1 is 1.10 bits per heavy atom. The molecule has 0 unspecified atom stereocenters. The normalized spacial score (nSPS) is 29.0. The molecule has 4 atom stereocenters. The molecule has 30 heavy (non-hydrogen) atoms. The Bertz CT molecular complexity index is 933. The van der Waals surface area contributed by atoms with Crippen molar-refractivity contribution in [3.8, 4) is 11.3 Å². The molecule has 5 rings (SSSR count). The zero-order chi connectivity index (χ0) is 21.2. The number of rotatable bonds is 4. The third kappa shape index (κ3) is 3.29. The predicted molar refractivity (Wildman–Crippen MR) is 109 cm³/mol. The fourth-order valence-corrected chi connectivity index (χ4v) is 5.71. The van der Waals surface area contributed by atoms with Crippen LogP contribution in [-0.4, -0.2) is 38.8 Å². The Labute approximate surface area is 174 Å². The van der Waals surface area contributed by atoms with E-state index < -0.39 is 17.6 Å². The van der Waals surface area contributed by atoms with Crippen molar-refractivity contribution in [2.24, 2.45) is 11.8 Å². The number of nitrogens with two attached hydrogens (primary N) is 1. The molecule has 0 bridgehead atoms. The Balaban J connectivity index is 1.41. The number of aromatic nitrogens is 3. The van der Waals surface area contributed by atoms with Crippen LogP contribution in [0.1, 0.15) is 62.7 Å². The molecule has 162 valence electrons. The van der Waals surface area contributed by atoms with Gasteiger partial charge in [0.25, 0.3) is 0 Å². The first kappa shape index (κ1) is 19.8. The van der Waals surface area contributed by atoms with Crippen molar-refractivity contribution >= 4 is 5.82 Å². The summed E-state index contributed by atoms with van der Waals surface area (Å²) in [6, 6.07) is 3.90. The lowest BCUT2D eigenvalue weighted by Crippen LogP contribution is -2.31. The number of halogens is 3. The summed E-state index contributed by atoms with van der Waals surface area (Å²) in [6.45, 7) is 6.59. The standard InChI is InChI=1S/C22H28F3N5/c1-12(2)30-19(20-15-8-14(9-16(15)20)29-5-3-4-6-29)10-18(28-30)13-7-17(22(23,24)25)21(26)27-11-13/h7,10-12,14-16,20H,3-6,8-9H2,1-2H3,(H2,26,27)/t14-,15+,16-,20-. The van der Waals surface area contributed by atoms with Gasteiger partial charge in [0, 0.05) is 35.5 Å². The largest absolute Gasteiger partial charge is 0.419 e. The highest BCUT2D eigenvalue weighted by atomic mass is 19.4. The monoisotopic (exact) mass is 419 g/mol. The molecule has 0 radical (unpaired) electrons. The van der Waals surface area contributed by atoms with Gasteiger partial charge in [0.05, 0.1) is 11.3 Å². The number of alkyl halides is 3. The van der Waals surface area contributed by atoms with Gasteiger partial charge in [-0.05, 0) is 76.6 Å². The maximum Gasteiger partial charge on any atom is 0.419 e. The van der Waals surface area contributed by atoms with Gasteiger partial charge in [-0.25, -0.2) is 4.98 Å². The molecule has 1 saturated heterocycles. The van der Waals surface area contributed by atoms with Crippen LogP contribution >= 0.6 is 0 Å². The van der Waals surface area contributed by atoms with E-state index in [0.717, 1.165) is 11.8 Å². The van der Waals surface area contributed by atoms with Gasteiger partial charge in [0.1, 0.15) is 5.82 Å². The van der Waals surface area contributed by atoms with Gasteiger partial charge in [-0.2, -0.15) is 18.3 Å². The lowest BCUT2D eigenvalue weighted by atomic mass is 10.0. The Morgan fingerprint density at radius 3 is 2.37 bits per heavy atom. The van der Waals surface area contributed by atoms with Crippen molar-refractivity contribution in [2.75, 3.05) is 18.8 Å². The SMILES string of the molecule is CC(C)n1nc(-c2cnc(N)c(C(F)(F)F)c2)cc1[C@H]1[C@@H]2C[C@H](N3CCCC3)C[C@@H]21. The van der Waals surface area contributed by atoms with Gasteiger partial charge in [0.15, 0.2) is 0 Å². The zero-order valence-corrected chi connectivity index (χ0v) is 17.4. The van der Waals surface area contributed by atoms with Gasteiger partial charge < -0.3 is 10.6 Å². The summed E-state index contributed by atoms with van der Waals surface area (Å²) in [6.07, 6.45) is 1.95. The molecule has 5 nitrogen and oxygen atoms in total. The highest BCUT2D eigenvalue weighted by molar-refractivity contribution is 5.63. The molecule has 3 heterocycles. The van der Waals surface area contributed by atoms with Crippen molar-refractivity contribution in [2.45, 2.75) is 63.7 Å². The molecular formula is C22H28F3N5. The molecule has 2 aliphatic carbocycles. The van der Waals surface area contributed by atoms with E-state index in [0.29, 0.717) is 35.1 Å². The smallest absolute Gasteiger partial charge is 0.383 e. The van der Waals surface area contributed by atoms with Gasteiger partial charge in [-0.15, -0.1) is 0 Å². The quantitative estimate of drug-likeness (QED) is 0.779. The zero-order valence-electron chi connectivity index (χ0n) is 17.4. The first-order valence-electron chi connectivity index (χ1n) is 10.9. The van der Waals surface area contributed by atoms with Crippen LogP contribution in [-0.2, 0) is 6.18 Å². The summed E-state index contributed by atoms with van der Waals surface area (Å²) < 4.78 is 41.8. The molecule has 0 aromatic carbocycles. The first-order chi connectivity index (χ1) is 14.2. The molecule has 8 heteroatoms. The molecule has 0 spiro atoms. The summed E-state index contributed by atoms with van der Waals surface area (Å²) >= 11 is 0. The van der Waals surface area contributed by atoms with Gasteiger partial charge in [-0.1, -0.05) is 0 Å². The van der Waals surface area contributed by atoms with E-state index >= 15 is 0 Å². The van der Waals surface area contributed by atoms with E-state index in [-0.39, 0.29) is 6.04 Å². The van der Waals surface area contributed by atoms with Crippen LogP contribution in [0, 0.1) is 11.8 Å². The number of hydrogen-bond acceptors (Lipinski definition) is 4. The third-order valence-corrected chi connectivity index (χ3v) is 7.19. The molecule has 2 aromatic rings. The van der Waals surface area contributed by atoms with E-state index in [2.05, 4.69) is 28.8 Å². The van der Waals surface area contributed by atoms with Crippen molar-refractivity contribution < 1.29 is 13.2 Å². The highest BCUT2D eigenvalue weighted by Gasteiger charge is 2.58. The van der Waals surface area contributed by atoms with Crippen molar-refractivity contribution in [3.05, 3.63) is 29.6 Å². The van der Waals surface area contributed by atoms with E-state index in [4.69, 9.17) is 5.73 Å². The van der Waals surface area contributed by atoms with Crippen LogP contribution in [0.15, 0.2) is 18.3 Å². The predicted octanol–water partition coefficient (Wildman–Crippen LogP) is 4.71. The molecule has 2 N–H and O–H groups in total. The molecule has 3 aliphatic rings. The number of fused-ring (bicyclic) bond motifs is 1. The minimum atomic E-state index is -4.53. The van der Waals surface area contributed by atoms with Crippen molar-refractivity contribution in [3.63, 3.8) is 0 Å². The minimum absolute atomic E-state index is 0.147. The fourth-order valence-electron chi connectivity index (χ4n) is 5.71. The third-order valence-electron chi connectivity index (χ3n) is 7.19. The number of pyridine rings is 1. The topological polar surface area (TPSA) is 60.0 Å². The molecule has 1 aliphatic heterocycles. The lowest BCUT2D eigenvalue weighted by molar-refractivity contribution is -0.137. The summed E-state index contributed by atoms with van der Waals surface area (Å²) in [5.74, 6) is 1.32. The average molecular weight is 419 g/mol. The fraction of sp³-hybridized carbons (Fsp3) is 0.636. The van der Waals surface area contributed by atoms with Crippen LogP contribution in [0.2, 0.25) is 0 Å². The number of likely N-dealkylation sites (tertiary alicyclic amines) is 1. The van der Waals surface area contributed by atoms with Gasteiger partial charge in [-0.3, -0.25) is 4.68 Å². The molecule has 0 amide bonds. The Morgan fingerprint density at radius 2 is 1.77 bits per heavy atom. The number of nitrogens with zero attached hydrogens (tertiary/aromatic N) is 4. The van der Waals surface area contributed by atoms with E-state index in [1.807, 2.05) is 10.7 Å². The molecule has 2 aromatic heterocycles. The number of hydrogen-bond donors (Lipinski definition) is 1. The summed E-state index contributed by atoms with van der Waals surface area (Å²) in [4.78, 5) is 6.43. The second kappa shape index (κ2) is 6.97. The summed E-state index contributed by atoms with van der Waals surface area (Å²) in [7, 11) is 0. The summed E-state index contributed by atoms with van der Waals surface area (Å²) in [5.41, 5.74) is 6.61. The second-order valence-electron chi connectivity index (χ2n) is 9.37. The summed E-state index contributed by atoms with van der Waals surface area (Å²) in [5, 5.41) is 4.68. The van der Waals surface area contributed by atoms with E-state index in [1.165, 1.54) is 45.0 Å². The maximum atomic E-state index is 13.3. The van der Waals surface area contributed by atoms with Gasteiger partial charge >= 0.3 is 6.18 Å².